The zero-order valence-corrected chi connectivity index (χ0v) is 21.5. The number of carboxylic acids is 2. The molecule has 0 aliphatic heterocycles. The zero-order valence-electron chi connectivity index (χ0n) is 21.5. The third kappa shape index (κ3) is 13.6. The fourth-order valence-corrected chi connectivity index (χ4v) is 3.16. The van der Waals surface area contributed by atoms with Crippen LogP contribution in [0, 0.1) is 0 Å². The number of aliphatic carboxylic acids is 2. The van der Waals surface area contributed by atoms with E-state index in [0.717, 1.165) is 0 Å². The van der Waals surface area contributed by atoms with Crippen LogP contribution < -0.4 is 43.6 Å². The van der Waals surface area contributed by atoms with Crippen LogP contribution in [0.2, 0.25) is 0 Å². The first kappa shape index (κ1) is 33.1. The Bertz CT molecular complexity index is 1090. The molecule has 1 aromatic rings. The molecule has 0 heterocycles. The number of hydrogen-bond acceptors (Lipinski definition) is 9. The molecule has 0 aromatic heterocycles. The number of rotatable bonds is 18. The highest BCUT2D eigenvalue weighted by Crippen LogP contribution is 2.14. The van der Waals surface area contributed by atoms with Gasteiger partial charge in [0.25, 0.3) is 5.91 Å². The van der Waals surface area contributed by atoms with E-state index < -0.39 is 66.7 Å². The molecular formula is C23H34N8O9. The van der Waals surface area contributed by atoms with Gasteiger partial charge in [-0.15, -0.1) is 0 Å². The fraction of sp³-hybridized carbons (Fsp3) is 0.435. The fourth-order valence-electron chi connectivity index (χ4n) is 3.16. The predicted octanol–water partition coefficient (Wildman–Crippen LogP) is -3.88. The third-order valence-corrected chi connectivity index (χ3v) is 5.12. The van der Waals surface area contributed by atoms with Crippen molar-refractivity contribution in [3.63, 3.8) is 0 Å². The molecular weight excluding hydrogens is 532 g/mol. The number of nitrogens with two attached hydrogens (primary N) is 4. The molecule has 0 saturated carbocycles. The van der Waals surface area contributed by atoms with Gasteiger partial charge in [-0.1, -0.05) is 12.1 Å². The highest BCUT2D eigenvalue weighted by atomic mass is 16.5. The highest BCUT2D eigenvalue weighted by Gasteiger charge is 2.28. The van der Waals surface area contributed by atoms with Crippen molar-refractivity contribution in [2.45, 2.75) is 43.8 Å². The van der Waals surface area contributed by atoms with E-state index in [4.69, 9.17) is 32.8 Å². The first-order valence-electron chi connectivity index (χ1n) is 11.9. The Labute approximate surface area is 228 Å². The Hall–Kier alpha value is -4.93. The number of benzene rings is 1. The van der Waals surface area contributed by atoms with Gasteiger partial charge in [-0.25, -0.2) is 4.79 Å². The van der Waals surface area contributed by atoms with Crippen molar-refractivity contribution in [3.05, 3.63) is 29.8 Å². The molecule has 0 aliphatic rings. The number of guanidine groups is 1. The molecule has 0 fully saturated rings. The van der Waals surface area contributed by atoms with Gasteiger partial charge in [-0.2, -0.15) is 0 Å². The summed E-state index contributed by atoms with van der Waals surface area (Å²) >= 11 is 0. The van der Waals surface area contributed by atoms with E-state index >= 15 is 0 Å². The highest BCUT2D eigenvalue weighted by molar-refractivity contribution is 5.94. The Morgan fingerprint density at radius 1 is 0.925 bits per heavy atom. The Balaban J connectivity index is 2.72. The maximum Gasteiger partial charge on any atom is 0.326 e. The van der Waals surface area contributed by atoms with Crippen molar-refractivity contribution in [3.8, 4) is 5.75 Å². The van der Waals surface area contributed by atoms with E-state index in [1.165, 1.54) is 24.3 Å². The van der Waals surface area contributed by atoms with E-state index in [1.807, 2.05) is 0 Å². The first-order valence-corrected chi connectivity index (χ1v) is 11.9. The van der Waals surface area contributed by atoms with E-state index in [0.29, 0.717) is 17.7 Å². The molecule has 0 radical (unpaired) electrons. The SMILES string of the molecule is NC(=O)COc1ccc(C[C@H](NC(=O)[C@H](CC(=O)O)NC(=O)CNC(=O)[C@@H](N)CCCN=C(N)N)C(=O)O)cc1. The molecule has 40 heavy (non-hydrogen) atoms. The number of carbonyl (C=O) groups is 6. The average Bonchev–Trinajstić information content (AvgIpc) is 2.87. The van der Waals surface area contributed by atoms with Crippen LogP contribution in [0.1, 0.15) is 24.8 Å². The number of primary amides is 1. The van der Waals surface area contributed by atoms with Crippen molar-refractivity contribution in [1.82, 2.24) is 16.0 Å². The van der Waals surface area contributed by atoms with Crippen LogP contribution in [0.4, 0.5) is 0 Å². The average molecular weight is 567 g/mol. The number of amides is 4. The van der Waals surface area contributed by atoms with Crippen LogP contribution in [0.3, 0.4) is 0 Å². The van der Waals surface area contributed by atoms with Gasteiger partial charge in [0.1, 0.15) is 17.8 Å². The second-order valence-electron chi connectivity index (χ2n) is 8.49. The predicted molar refractivity (Wildman–Crippen MR) is 139 cm³/mol. The maximum atomic E-state index is 12.7. The zero-order chi connectivity index (χ0) is 30.2. The van der Waals surface area contributed by atoms with Gasteiger partial charge in [-0.05, 0) is 30.5 Å². The lowest BCUT2D eigenvalue weighted by Crippen LogP contribution is -2.54. The van der Waals surface area contributed by atoms with Crippen molar-refractivity contribution in [1.29, 1.82) is 0 Å². The molecule has 13 N–H and O–H groups in total. The van der Waals surface area contributed by atoms with Gasteiger partial charge in [0.15, 0.2) is 12.6 Å². The summed E-state index contributed by atoms with van der Waals surface area (Å²) in [6.07, 6.45) is -0.429. The van der Waals surface area contributed by atoms with Crippen LogP contribution in [-0.4, -0.2) is 89.6 Å². The van der Waals surface area contributed by atoms with Crippen LogP contribution in [0.5, 0.6) is 5.75 Å². The minimum atomic E-state index is -1.64. The summed E-state index contributed by atoms with van der Waals surface area (Å²) < 4.78 is 5.12. The molecule has 0 aliphatic carbocycles. The van der Waals surface area contributed by atoms with Crippen LogP contribution in [-0.2, 0) is 35.2 Å². The number of ether oxygens (including phenoxy) is 1. The number of carboxylic acid groups (broad SMARTS) is 2. The molecule has 17 nitrogen and oxygen atoms in total. The van der Waals surface area contributed by atoms with Crippen LogP contribution >= 0.6 is 0 Å². The van der Waals surface area contributed by atoms with Crippen molar-refractivity contribution in [2.24, 2.45) is 27.9 Å². The molecule has 0 saturated heterocycles. The molecule has 0 spiro atoms. The third-order valence-electron chi connectivity index (χ3n) is 5.12. The van der Waals surface area contributed by atoms with Crippen molar-refractivity contribution >= 4 is 41.5 Å². The molecule has 3 atom stereocenters. The second kappa shape index (κ2) is 16.8. The molecule has 0 unspecified atom stereocenters. The summed E-state index contributed by atoms with van der Waals surface area (Å²) in [5, 5.41) is 25.4. The standard InChI is InChI=1S/C23H34N8O9/c24-14(2-1-7-28-23(26)27)20(36)29-10-18(33)30-15(9-19(34)35)21(37)31-16(22(38)39)8-12-3-5-13(6-4-12)40-11-17(25)32/h3-6,14-16H,1-2,7-11,24H2,(H2,25,32)(H,29,36)(H,30,33)(H,31,37)(H,34,35)(H,38,39)(H4,26,27,28)/t14-,15-,16-/m0/s1. The quantitative estimate of drug-likeness (QED) is 0.0468. The second-order valence-corrected chi connectivity index (χ2v) is 8.49. The van der Waals surface area contributed by atoms with Crippen molar-refractivity contribution in [2.75, 3.05) is 19.7 Å². The van der Waals surface area contributed by atoms with Crippen molar-refractivity contribution < 1.29 is 43.7 Å². The largest absolute Gasteiger partial charge is 0.484 e. The van der Waals surface area contributed by atoms with E-state index in [2.05, 4.69) is 20.9 Å². The van der Waals surface area contributed by atoms with Crippen LogP contribution in [0.15, 0.2) is 29.3 Å². The first-order chi connectivity index (χ1) is 18.8. The van der Waals surface area contributed by atoms with Gasteiger partial charge >= 0.3 is 11.9 Å². The molecule has 4 amide bonds. The monoisotopic (exact) mass is 566 g/mol. The number of nitrogens with zero attached hydrogens (tertiary/aromatic N) is 1. The summed E-state index contributed by atoms with van der Waals surface area (Å²) in [6, 6.07) is 1.86. The summed E-state index contributed by atoms with van der Waals surface area (Å²) in [4.78, 5) is 74.7. The molecule has 1 rings (SSSR count). The Morgan fingerprint density at radius 2 is 1.57 bits per heavy atom. The smallest absolute Gasteiger partial charge is 0.326 e. The topological polar surface area (TPSA) is 305 Å². The van der Waals surface area contributed by atoms with Crippen LogP contribution in [0.25, 0.3) is 0 Å². The summed E-state index contributed by atoms with van der Waals surface area (Å²) in [7, 11) is 0. The van der Waals surface area contributed by atoms with Gasteiger partial charge < -0.3 is 53.8 Å². The molecule has 0 bridgehead atoms. The van der Waals surface area contributed by atoms with Gasteiger partial charge in [0.2, 0.25) is 17.7 Å². The van der Waals surface area contributed by atoms with E-state index in [-0.39, 0.29) is 32.0 Å². The van der Waals surface area contributed by atoms with E-state index in [9.17, 15) is 33.9 Å². The number of hydrogen-bond donors (Lipinski definition) is 9. The number of nitrogens with one attached hydrogen (secondary N) is 3. The minimum Gasteiger partial charge on any atom is -0.484 e. The van der Waals surface area contributed by atoms with Gasteiger partial charge in [-0.3, -0.25) is 29.0 Å². The summed E-state index contributed by atoms with van der Waals surface area (Å²) in [6.45, 7) is -0.707. The lowest BCUT2D eigenvalue weighted by molar-refractivity contribution is -0.143. The van der Waals surface area contributed by atoms with E-state index in [1.54, 1.807) is 0 Å². The summed E-state index contributed by atoms with van der Waals surface area (Å²) in [5.41, 5.74) is 21.6. The number of carbonyl (C=O) groups excluding carboxylic acids is 4. The summed E-state index contributed by atoms with van der Waals surface area (Å²) in [5.74, 6) is -5.96. The molecule has 220 valence electrons. The van der Waals surface area contributed by atoms with Gasteiger partial charge in [0.05, 0.1) is 19.0 Å². The molecule has 1 aromatic carbocycles. The lowest BCUT2D eigenvalue weighted by atomic mass is 10.0. The normalized spacial score (nSPS) is 12.6. The Morgan fingerprint density at radius 3 is 2.12 bits per heavy atom. The number of aliphatic imine (C=N–C) groups is 1. The minimum absolute atomic E-state index is 0.105. The molecule has 17 heteroatoms. The van der Waals surface area contributed by atoms with Gasteiger partial charge in [0, 0.05) is 13.0 Å². The maximum absolute atomic E-state index is 12.7. The lowest BCUT2D eigenvalue weighted by Gasteiger charge is -2.21. The Kier molecular flexibility index (Phi) is 13.9.